The van der Waals surface area contributed by atoms with Gasteiger partial charge in [-0.2, -0.15) is 0 Å². The summed E-state index contributed by atoms with van der Waals surface area (Å²) in [7, 11) is 0. The van der Waals surface area contributed by atoms with Crippen LogP contribution in [0.15, 0.2) is 42.5 Å². The number of nitrogens with zero attached hydrogens (tertiary/aromatic N) is 2. The fraction of sp³-hybridized carbons (Fsp3) is 0.211. The third-order valence-electron chi connectivity index (χ3n) is 4.70. The van der Waals surface area contributed by atoms with Gasteiger partial charge in [-0.1, -0.05) is 29.8 Å². The first kappa shape index (κ1) is 17.5. The molecule has 8 heteroatoms. The van der Waals surface area contributed by atoms with E-state index in [1.807, 2.05) is 0 Å². The van der Waals surface area contributed by atoms with E-state index < -0.39 is 10.7 Å². The number of fused-ring (bicyclic) bond motifs is 1. The van der Waals surface area contributed by atoms with Gasteiger partial charge in [0.1, 0.15) is 17.0 Å². The average molecular weight is 388 g/mol. The number of H-pyrrole nitrogens is 1. The minimum Gasteiger partial charge on any atom is -0.345 e. The molecule has 27 heavy (non-hydrogen) atoms. The zero-order chi connectivity index (χ0) is 19.1. The molecule has 1 fully saturated rings. The van der Waals surface area contributed by atoms with Crippen molar-refractivity contribution in [2.75, 3.05) is 0 Å². The summed E-state index contributed by atoms with van der Waals surface area (Å²) in [6.07, 6.45) is 1.66. The van der Waals surface area contributed by atoms with E-state index in [4.69, 9.17) is 11.6 Å². The van der Waals surface area contributed by atoms with Gasteiger partial charge in [0.25, 0.3) is 11.6 Å². The number of carbonyl (C=O) groups excluding carboxylic acids is 1. The summed E-state index contributed by atoms with van der Waals surface area (Å²) >= 11 is 6.11. The minimum atomic E-state index is -0.495. The molecule has 1 saturated carbocycles. The van der Waals surface area contributed by atoms with Gasteiger partial charge in [-0.3, -0.25) is 14.9 Å². The lowest BCUT2D eigenvalue weighted by Crippen LogP contribution is -2.33. The highest BCUT2D eigenvalue weighted by Crippen LogP contribution is 2.33. The molecule has 0 spiro atoms. The molecule has 0 aliphatic heterocycles. The van der Waals surface area contributed by atoms with E-state index in [0.717, 1.165) is 12.8 Å². The van der Waals surface area contributed by atoms with Crippen LogP contribution in [0.25, 0.3) is 10.9 Å². The zero-order valence-corrected chi connectivity index (χ0v) is 14.9. The van der Waals surface area contributed by atoms with Crippen molar-refractivity contribution in [1.82, 2.24) is 9.88 Å². The van der Waals surface area contributed by atoms with Crippen molar-refractivity contribution < 1.29 is 14.1 Å². The molecular formula is C19H15ClFN3O3. The maximum absolute atomic E-state index is 14.2. The van der Waals surface area contributed by atoms with Crippen molar-refractivity contribution in [3.8, 4) is 0 Å². The number of rotatable bonds is 5. The number of hydrogen-bond donors (Lipinski definition) is 1. The van der Waals surface area contributed by atoms with E-state index >= 15 is 0 Å². The van der Waals surface area contributed by atoms with Gasteiger partial charge in [0, 0.05) is 28.1 Å². The number of benzene rings is 2. The number of nitrogens with one attached hydrogen (secondary N) is 1. The molecule has 1 heterocycles. The van der Waals surface area contributed by atoms with Gasteiger partial charge in [-0.25, -0.2) is 4.39 Å². The Morgan fingerprint density at radius 1 is 1.30 bits per heavy atom. The SMILES string of the molecule is O=C(c1cc2cccc([N+](=O)[O-])c2[nH]1)N(Cc1c(F)cccc1Cl)C1CC1. The number of para-hydroxylation sites is 1. The highest BCUT2D eigenvalue weighted by Gasteiger charge is 2.35. The van der Waals surface area contributed by atoms with Crippen LogP contribution in [0.3, 0.4) is 0 Å². The summed E-state index contributed by atoms with van der Waals surface area (Å²) in [6.45, 7) is 0.0481. The number of nitro groups is 1. The van der Waals surface area contributed by atoms with E-state index in [1.165, 1.54) is 18.2 Å². The normalized spacial score (nSPS) is 13.7. The fourth-order valence-corrected chi connectivity index (χ4v) is 3.39. The Kier molecular flexibility index (Phi) is 4.31. The molecule has 1 N–H and O–H groups in total. The first-order chi connectivity index (χ1) is 13.0. The molecule has 1 aliphatic carbocycles. The number of non-ortho nitro benzene ring substituents is 1. The Morgan fingerprint density at radius 2 is 2.04 bits per heavy atom. The highest BCUT2D eigenvalue weighted by atomic mass is 35.5. The van der Waals surface area contributed by atoms with E-state index in [0.29, 0.717) is 10.9 Å². The smallest absolute Gasteiger partial charge is 0.293 e. The summed E-state index contributed by atoms with van der Waals surface area (Å²) in [4.78, 5) is 28.2. The molecule has 138 valence electrons. The summed E-state index contributed by atoms with van der Waals surface area (Å²) in [5.41, 5.74) is 0.701. The topological polar surface area (TPSA) is 79.2 Å². The lowest BCUT2D eigenvalue weighted by Gasteiger charge is -2.22. The Morgan fingerprint density at radius 3 is 2.70 bits per heavy atom. The number of nitro benzene ring substituents is 1. The molecule has 4 rings (SSSR count). The van der Waals surface area contributed by atoms with Gasteiger partial charge in [0.15, 0.2) is 0 Å². The van der Waals surface area contributed by atoms with Crippen LogP contribution >= 0.6 is 11.6 Å². The van der Waals surface area contributed by atoms with Crippen molar-refractivity contribution in [1.29, 1.82) is 0 Å². The summed E-state index contributed by atoms with van der Waals surface area (Å²) in [5, 5.41) is 12.0. The maximum atomic E-state index is 14.2. The van der Waals surface area contributed by atoms with Crippen LogP contribution in [0.4, 0.5) is 10.1 Å². The lowest BCUT2D eigenvalue weighted by atomic mass is 10.2. The average Bonchev–Trinajstić information content (AvgIpc) is 3.37. The third kappa shape index (κ3) is 3.26. The Hall–Kier alpha value is -2.93. The van der Waals surface area contributed by atoms with Gasteiger partial charge in [-0.05, 0) is 31.0 Å². The van der Waals surface area contributed by atoms with Gasteiger partial charge in [0.2, 0.25) is 0 Å². The molecule has 6 nitrogen and oxygen atoms in total. The molecule has 1 amide bonds. The quantitative estimate of drug-likeness (QED) is 0.510. The van der Waals surface area contributed by atoms with Gasteiger partial charge >= 0.3 is 0 Å². The molecule has 0 radical (unpaired) electrons. The molecule has 2 aromatic carbocycles. The Labute approximate surface area is 158 Å². The molecular weight excluding hydrogens is 373 g/mol. The van der Waals surface area contributed by atoms with Gasteiger partial charge in [-0.15, -0.1) is 0 Å². The number of aromatic nitrogens is 1. The summed E-state index contributed by atoms with van der Waals surface area (Å²) in [6, 6.07) is 10.7. The van der Waals surface area contributed by atoms with Crippen LogP contribution < -0.4 is 0 Å². The van der Waals surface area contributed by atoms with E-state index in [2.05, 4.69) is 4.98 Å². The van der Waals surface area contributed by atoms with Gasteiger partial charge in [0.05, 0.1) is 11.5 Å². The first-order valence-corrected chi connectivity index (χ1v) is 8.83. The van der Waals surface area contributed by atoms with Crippen molar-refractivity contribution >= 4 is 34.1 Å². The van der Waals surface area contributed by atoms with Crippen LogP contribution in [0, 0.1) is 15.9 Å². The molecule has 0 saturated heterocycles. The molecule has 3 aromatic rings. The lowest BCUT2D eigenvalue weighted by molar-refractivity contribution is -0.383. The zero-order valence-electron chi connectivity index (χ0n) is 14.1. The largest absolute Gasteiger partial charge is 0.345 e. The predicted molar refractivity (Wildman–Crippen MR) is 99.3 cm³/mol. The molecule has 1 aliphatic rings. The second kappa shape index (κ2) is 6.66. The summed E-state index contributed by atoms with van der Waals surface area (Å²) < 4.78 is 14.2. The van der Waals surface area contributed by atoms with E-state index in [9.17, 15) is 19.3 Å². The number of amides is 1. The molecule has 0 bridgehead atoms. The highest BCUT2D eigenvalue weighted by molar-refractivity contribution is 6.31. The third-order valence-corrected chi connectivity index (χ3v) is 5.05. The molecule has 1 aromatic heterocycles. The van der Waals surface area contributed by atoms with Crippen molar-refractivity contribution in [3.05, 3.63) is 74.7 Å². The first-order valence-electron chi connectivity index (χ1n) is 8.45. The number of aromatic amines is 1. The Bertz CT molecular complexity index is 1040. The van der Waals surface area contributed by atoms with Gasteiger partial charge < -0.3 is 9.88 Å². The van der Waals surface area contributed by atoms with Crippen LogP contribution in [0.5, 0.6) is 0 Å². The maximum Gasteiger partial charge on any atom is 0.293 e. The van der Waals surface area contributed by atoms with Crippen molar-refractivity contribution in [2.45, 2.75) is 25.4 Å². The van der Waals surface area contributed by atoms with Crippen LogP contribution in [0.2, 0.25) is 5.02 Å². The van der Waals surface area contributed by atoms with Crippen LogP contribution in [0.1, 0.15) is 28.9 Å². The van der Waals surface area contributed by atoms with E-state index in [1.54, 1.807) is 29.2 Å². The standard InChI is InChI=1S/C19H15ClFN3O3/c20-14-4-2-5-15(21)13(14)10-23(12-7-8-12)19(25)16-9-11-3-1-6-17(24(26)27)18(11)22-16/h1-6,9,12,22H,7-8,10H2. The summed E-state index contributed by atoms with van der Waals surface area (Å²) in [5.74, 6) is -0.796. The van der Waals surface area contributed by atoms with Crippen molar-refractivity contribution in [3.63, 3.8) is 0 Å². The molecule has 0 atom stereocenters. The number of carbonyl (C=O) groups is 1. The van der Waals surface area contributed by atoms with Crippen molar-refractivity contribution in [2.24, 2.45) is 0 Å². The van der Waals surface area contributed by atoms with Crippen LogP contribution in [-0.4, -0.2) is 26.8 Å². The fourth-order valence-electron chi connectivity index (χ4n) is 3.17. The molecule has 0 unspecified atom stereocenters. The monoisotopic (exact) mass is 387 g/mol. The predicted octanol–water partition coefficient (Wildman–Crippen LogP) is 4.67. The number of hydrogen-bond acceptors (Lipinski definition) is 3. The minimum absolute atomic E-state index is 0.00886. The number of halogens is 2. The second-order valence-corrected chi connectivity index (χ2v) is 6.95. The second-order valence-electron chi connectivity index (χ2n) is 6.55. The van der Waals surface area contributed by atoms with E-state index in [-0.39, 0.29) is 40.5 Å². The van der Waals surface area contributed by atoms with Crippen LogP contribution in [-0.2, 0) is 6.54 Å². The Balaban J connectivity index is 1.70.